The first-order valence-electron chi connectivity index (χ1n) is 6.61. The standard InChI is InChI=1S/C13H20F2IN3O/c1-4-17-13-11(16)12(8(2)3)18-10(19-13)5-6-20-7-9(14)15/h8-9H,4-7H2,1-3H3,(H,17,18,19). The predicted octanol–water partition coefficient (Wildman–Crippen LogP) is 3.46. The molecule has 0 radical (unpaired) electrons. The van der Waals surface area contributed by atoms with Gasteiger partial charge < -0.3 is 10.1 Å². The van der Waals surface area contributed by atoms with E-state index in [1.807, 2.05) is 6.92 Å². The van der Waals surface area contributed by atoms with Gasteiger partial charge in [0.25, 0.3) is 6.43 Å². The van der Waals surface area contributed by atoms with Gasteiger partial charge in [-0.3, -0.25) is 0 Å². The van der Waals surface area contributed by atoms with Crippen LogP contribution in [0.5, 0.6) is 0 Å². The number of halogens is 3. The van der Waals surface area contributed by atoms with Crippen LogP contribution in [0.4, 0.5) is 14.6 Å². The number of nitrogens with zero attached hydrogens (tertiary/aromatic N) is 2. The van der Waals surface area contributed by atoms with Crippen LogP contribution < -0.4 is 5.32 Å². The van der Waals surface area contributed by atoms with E-state index in [1.54, 1.807) is 0 Å². The molecule has 1 heterocycles. The highest BCUT2D eigenvalue weighted by molar-refractivity contribution is 14.1. The van der Waals surface area contributed by atoms with E-state index in [4.69, 9.17) is 4.74 Å². The summed E-state index contributed by atoms with van der Waals surface area (Å²) in [6, 6.07) is 0. The molecule has 0 fully saturated rings. The Balaban J connectivity index is 2.79. The summed E-state index contributed by atoms with van der Waals surface area (Å²) in [5.41, 5.74) is 0.973. The van der Waals surface area contributed by atoms with Crippen molar-refractivity contribution in [2.45, 2.75) is 39.5 Å². The minimum Gasteiger partial charge on any atom is -0.375 e. The predicted molar refractivity (Wildman–Crippen MR) is 83.5 cm³/mol. The van der Waals surface area contributed by atoms with E-state index in [0.717, 1.165) is 21.6 Å². The molecule has 0 spiro atoms. The Labute approximate surface area is 131 Å². The molecule has 0 saturated carbocycles. The minimum atomic E-state index is -2.43. The van der Waals surface area contributed by atoms with Gasteiger partial charge in [-0.15, -0.1) is 0 Å². The third-order valence-electron chi connectivity index (χ3n) is 2.53. The first-order valence-corrected chi connectivity index (χ1v) is 7.69. The van der Waals surface area contributed by atoms with E-state index in [0.29, 0.717) is 12.2 Å². The van der Waals surface area contributed by atoms with Crippen molar-refractivity contribution in [1.29, 1.82) is 0 Å². The number of hydrogen-bond acceptors (Lipinski definition) is 4. The normalized spacial score (nSPS) is 11.4. The van der Waals surface area contributed by atoms with E-state index < -0.39 is 13.0 Å². The van der Waals surface area contributed by atoms with Crippen molar-refractivity contribution < 1.29 is 13.5 Å². The molecular formula is C13H20F2IN3O. The molecule has 0 aromatic carbocycles. The summed E-state index contributed by atoms with van der Waals surface area (Å²) >= 11 is 2.23. The molecule has 1 N–H and O–H groups in total. The van der Waals surface area contributed by atoms with Crippen molar-refractivity contribution in [1.82, 2.24) is 9.97 Å². The topological polar surface area (TPSA) is 47.0 Å². The largest absolute Gasteiger partial charge is 0.375 e. The maximum Gasteiger partial charge on any atom is 0.261 e. The highest BCUT2D eigenvalue weighted by Crippen LogP contribution is 2.25. The molecule has 114 valence electrons. The van der Waals surface area contributed by atoms with Crippen LogP contribution in [0, 0.1) is 3.57 Å². The summed E-state index contributed by atoms with van der Waals surface area (Å²) in [5.74, 6) is 1.71. The molecular weight excluding hydrogens is 379 g/mol. The quantitative estimate of drug-likeness (QED) is 0.538. The van der Waals surface area contributed by atoms with Gasteiger partial charge in [0.2, 0.25) is 0 Å². The average Bonchev–Trinajstić information content (AvgIpc) is 2.37. The van der Waals surface area contributed by atoms with Crippen LogP contribution in [0.25, 0.3) is 0 Å². The molecule has 0 saturated heterocycles. The van der Waals surface area contributed by atoms with Crippen molar-refractivity contribution >= 4 is 28.4 Å². The van der Waals surface area contributed by atoms with Crippen LogP contribution in [0.2, 0.25) is 0 Å². The Morgan fingerprint density at radius 2 is 2.00 bits per heavy atom. The van der Waals surface area contributed by atoms with Gasteiger partial charge in [0.15, 0.2) is 0 Å². The van der Waals surface area contributed by atoms with Gasteiger partial charge in [-0.2, -0.15) is 0 Å². The molecule has 0 unspecified atom stereocenters. The monoisotopic (exact) mass is 399 g/mol. The lowest BCUT2D eigenvalue weighted by molar-refractivity contribution is 0.0183. The van der Waals surface area contributed by atoms with Crippen LogP contribution >= 0.6 is 22.6 Å². The number of rotatable bonds is 8. The number of alkyl halides is 2. The van der Waals surface area contributed by atoms with E-state index in [-0.39, 0.29) is 12.5 Å². The number of ether oxygens (including phenoxy) is 1. The zero-order valence-electron chi connectivity index (χ0n) is 11.9. The van der Waals surface area contributed by atoms with Crippen LogP contribution in [0.1, 0.15) is 38.2 Å². The first kappa shape index (κ1) is 17.5. The number of anilines is 1. The van der Waals surface area contributed by atoms with Crippen LogP contribution in [0.15, 0.2) is 0 Å². The molecule has 0 aliphatic carbocycles. The second kappa shape index (κ2) is 8.66. The summed E-state index contributed by atoms with van der Waals surface area (Å²) in [5, 5.41) is 3.20. The molecule has 0 bridgehead atoms. The molecule has 0 aliphatic heterocycles. The molecule has 1 rings (SSSR count). The average molecular weight is 399 g/mol. The summed E-state index contributed by atoms with van der Waals surface area (Å²) in [6.07, 6.45) is -2.00. The highest BCUT2D eigenvalue weighted by Gasteiger charge is 2.14. The van der Waals surface area contributed by atoms with Crippen LogP contribution in [-0.2, 0) is 11.2 Å². The van der Waals surface area contributed by atoms with Crippen molar-refractivity contribution in [2.24, 2.45) is 0 Å². The molecule has 0 aliphatic rings. The molecule has 20 heavy (non-hydrogen) atoms. The van der Waals surface area contributed by atoms with Gasteiger partial charge in [0, 0.05) is 13.0 Å². The molecule has 0 amide bonds. The van der Waals surface area contributed by atoms with Gasteiger partial charge in [0.1, 0.15) is 18.2 Å². The zero-order valence-corrected chi connectivity index (χ0v) is 14.1. The van der Waals surface area contributed by atoms with E-state index in [9.17, 15) is 8.78 Å². The second-order valence-corrected chi connectivity index (χ2v) is 5.67. The lowest BCUT2D eigenvalue weighted by atomic mass is 10.1. The van der Waals surface area contributed by atoms with Gasteiger partial charge in [-0.25, -0.2) is 18.7 Å². The zero-order chi connectivity index (χ0) is 15.1. The lowest BCUT2D eigenvalue weighted by Crippen LogP contribution is -2.13. The summed E-state index contributed by atoms with van der Waals surface area (Å²) in [6.45, 7) is 6.56. The molecule has 0 atom stereocenters. The van der Waals surface area contributed by atoms with Crippen molar-refractivity contribution in [3.8, 4) is 0 Å². The first-order chi connectivity index (χ1) is 9.45. The minimum absolute atomic E-state index is 0.202. The SMILES string of the molecule is CCNc1nc(CCOCC(F)F)nc(C(C)C)c1I. The summed E-state index contributed by atoms with van der Waals surface area (Å²) in [7, 11) is 0. The fourth-order valence-electron chi connectivity index (χ4n) is 1.63. The number of aromatic nitrogens is 2. The lowest BCUT2D eigenvalue weighted by Gasteiger charge is -2.14. The van der Waals surface area contributed by atoms with Gasteiger partial charge in [-0.1, -0.05) is 13.8 Å². The van der Waals surface area contributed by atoms with Crippen molar-refractivity contribution in [2.75, 3.05) is 25.1 Å². The summed E-state index contributed by atoms with van der Waals surface area (Å²) < 4.78 is 29.8. The molecule has 4 nitrogen and oxygen atoms in total. The molecule has 7 heteroatoms. The smallest absolute Gasteiger partial charge is 0.261 e. The van der Waals surface area contributed by atoms with Crippen LogP contribution in [-0.4, -0.2) is 36.2 Å². The second-order valence-electron chi connectivity index (χ2n) is 4.59. The number of hydrogen-bond donors (Lipinski definition) is 1. The van der Waals surface area contributed by atoms with E-state index in [1.165, 1.54) is 0 Å². The Hall–Kier alpha value is -0.570. The maximum absolute atomic E-state index is 12.0. The Kier molecular flexibility index (Phi) is 7.57. The Morgan fingerprint density at radius 1 is 1.30 bits per heavy atom. The Morgan fingerprint density at radius 3 is 2.55 bits per heavy atom. The van der Waals surface area contributed by atoms with Gasteiger partial charge >= 0.3 is 0 Å². The van der Waals surface area contributed by atoms with Gasteiger partial charge in [0.05, 0.1) is 15.9 Å². The number of nitrogens with one attached hydrogen (secondary N) is 1. The van der Waals surface area contributed by atoms with Gasteiger partial charge in [-0.05, 0) is 35.4 Å². The highest BCUT2D eigenvalue weighted by atomic mass is 127. The van der Waals surface area contributed by atoms with Crippen molar-refractivity contribution in [3.63, 3.8) is 0 Å². The van der Waals surface area contributed by atoms with E-state index >= 15 is 0 Å². The maximum atomic E-state index is 12.0. The summed E-state index contributed by atoms with van der Waals surface area (Å²) in [4.78, 5) is 8.93. The fraction of sp³-hybridized carbons (Fsp3) is 0.692. The molecule has 1 aromatic heterocycles. The third-order valence-corrected chi connectivity index (χ3v) is 3.59. The fourth-order valence-corrected chi connectivity index (χ4v) is 2.68. The van der Waals surface area contributed by atoms with Crippen LogP contribution in [0.3, 0.4) is 0 Å². The van der Waals surface area contributed by atoms with E-state index in [2.05, 4.69) is 51.7 Å². The molecule has 1 aromatic rings. The Bertz CT molecular complexity index is 430. The van der Waals surface area contributed by atoms with Crippen molar-refractivity contribution in [3.05, 3.63) is 15.1 Å². The third kappa shape index (κ3) is 5.43.